The summed E-state index contributed by atoms with van der Waals surface area (Å²) < 4.78 is 14.7. The van der Waals surface area contributed by atoms with Crippen LogP contribution in [0.25, 0.3) is 55.7 Å². The van der Waals surface area contributed by atoms with Crippen molar-refractivity contribution in [2.75, 3.05) is 37.8 Å². The third-order valence-electron chi connectivity index (χ3n) is 7.56. The van der Waals surface area contributed by atoms with E-state index in [4.69, 9.17) is 4.98 Å². The van der Waals surface area contributed by atoms with E-state index >= 15 is 0 Å². The molecule has 5 aromatic heterocycles. The van der Waals surface area contributed by atoms with Gasteiger partial charge >= 0.3 is 0 Å². The van der Waals surface area contributed by atoms with E-state index in [1.54, 1.807) is 24.8 Å². The molecular formula is C32H30FN9O. The van der Waals surface area contributed by atoms with Crippen molar-refractivity contribution in [2.45, 2.75) is 12.8 Å². The molecule has 0 saturated heterocycles. The number of fused-ring (bicyclic) bond motifs is 2. The van der Waals surface area contributed by atoms with Crippen LogP contribution in [-0.2, 0) is 4.79 Å². The van der Waals surface area contributed by atoms with Gasteiger partial charge in [-0.25, -0.2) is 9.37 Å². The van der Waals surface area contributed by atoms with Gasteiger partial charge in [0.05, 0.1) is 40.5 Å². The van der Waals surface area contributed by atoms with Crippen LogP contribution in [0.4, 0.5) is 15.8 Å². The molecule has 0 spiro atoms. The van der Waals surface area contributed by atoms with Crippen molar-refractivity contribution in [3.63, 3.8) is 0 Å². The number of carbonyl (C=O) groups excluding carboxylic acids is 1. The summed E-state index contributed by atoms with van der Waals surface area (Å²) in [6, 6.07) is 12.7. The van der Waals surface area contributed by atoms with Crippen molar-refractivity contribution in [2.24, 2.45) is 5.92 Å². The Morgan fingerprint density at radius 3 is 2.65 bits per heavy atom. The van der Waals surface area contributed by atoms with E-state index in [-0.39, 0.29) is 17.6 Å². The average Bonchev–Trinajstić information content (AvgIpc) is 3.62. The van der Waals surface area contributed by atoms with E-state index in [0.29, 0.717) is 34.8 Å². The van der Waals surface area contributed by atoms with Gasteiger partial charge in [0.25, 0.3) is 0 Å². The van der Waals surface area contributed by atoms with Crippen molar-refractivity contribution in [1.82, 2.24) is 35.0 Å². The smallest absolute Gasteiger partial charge is 0.227 e. The second-order valence-corrected chi connectivity index (χ2v) is 11.2. The summed E-state index contributed by atoms with van der Waals surface area (Å²) in [4.78, 5) is 31.4. The van der Waals surface area contributed by atoms with Crippen LogP contribution in [0.1, 0.15) is 12.8 Å². The Balaban J connectivity index is 1.23. The van der Waals surface area contributed by atoms with E-state index in [1.165, 1.54) is 12.1 Å². The fourth-order valence-corrected chi connectivity index (χ4v) is 5.17. The molecule has 10 nitrogen and oxygen atoms in total. The predicted molar refractivity (Wildman–Crippen MR) is 166 cm³/mol. The lowest BCUT2D eigenvalue weighted by molar-refractivity contribution is -0.117. The number of aromatic amines is 2. The summed E-state index contributed by atoms with van der Waals surface area (Å²) in [6.45, 7) is 1.53. The number of nitrogens with one attached hydrogen (secondary N) is 4. The normalized spacial score (nSPS) is 13.2. The molecule has 6 aromatic rings. The SMILES string of the molecule is CN(C)CCNc1cc(F)cc(-c2cncc3[nH]c(-c4n[nH]c5ccc(-c6cncc(NC(=O)C7CC7)c6)nc45)cc23)c1. The molecule has 0 unspecified atom stereocenters. The third-order valence-corrected chi connectivity index (χ3v) is 7.56. The number of rotatable bonds is 9. The minimum atomic E-state index is -0.321. The van der Waals surface area contributed by atoms with Gasteiger partial charge in [0, 0.05) is 53.6 Å². The largest absolute Gasteiger partial charge is 0.384 e. The molecule has 1 amide bonds. The summed E-state index contributed by atoms with van der Waals surface area (Å²) in [7, 11) is 4.00. The van der Waals surface area contributed by atoms with Gasteiger partial charge in [-0.2, -0.15) is 5.10 Å². The van der Waals surface area contributed by atoms with Crippen LogP contribution in [0, 0.1) is 11.7 Å². The summed E-state index contributed by atoms with van der Waals surface area (Å²) >= 11 is 0. The highest BCUT2D eigenvalue weighted by Gasteiger charge is 2.29. The van der Waals surface area contributed by atoms with Crippen molar-refractivity contribution in [3.8, 4) is 33.8 Å². The second kappa shape index (κ2) is 10.9. The Bertz CT molecular complexity index is 1980. The number of nitrogens with zero attached hydrogens (tertiary/aromatic N) is 5. The number of carbonyl (C=O) groups is 1. The number of halogens is 1. The molecule has 0 aliphatic heterocycles. The summed E-state index contributed by atoms with van der Waals surface area (Å²) in [5.41, 5.74) is 8.05. The van der Waals surface area contributed by atoms with Crippen molar-refractivity contribution in [1.29, 1.82) is 0 Å². The predicted octanol–water partition coefficient (Wildman–Crippen LogP) is 5.69. The minimum Gasteiger partial charge on any atom is -0.384 e. The number of H-pyrrole nitrogens is 2. The highest BCUT2D eigenvalue weighted by molar-refractivity contribution is 6.00. The van der Waals surface area contributed by atoms with Crippen molar-refractivity contribution >= 4 is 39.2 Å². The van der Waals surface area contributed by atoms with Gasteiger partial charge in [0.2, 0.25) is 5.91 Å². The molecule has 1 saturated carbocycles. The van der Waals surface area contributed by atoms with Crippen LogP contribution in [0.15, 0.2) is 67.3 Å². The Kier molecular flexibility index (Phi) is 6.78. The molecule has 5 heterocycles. The molecule has 4 N–H and O–H groups in total. The fourth-order valence-electron chi connectivity index (χ4n) is 5.17. The molecule has 11 heteroatoms. The van der Waals surface area contributed by atoms with Gasteiger partial charge in [-0.3, -0.25) is 19.9 Å². The first-order valence-electron chi connectivity index (χ1n) is 14.2. The van der Waals surface area contributed by atoms with E-state index in [2.05, 4.69) is 40.7 Å². The third kappa shape index (κ3) is 5.54. The summed E-state index contributed by atoms with van der Waals surface area (Å²) in [5, 5.41) is 14.8. The molecule has 0 atom stereocenters. The van der Waals surface area contributed by atoms with Crippen molar-refractivity contribution < 1.29 is 9.18 Å². The lowest BCUT2D eigenvalue weighted by Gasteiger charge is -2.13. The van der Waals surface area contributed by atoms with Gasteiger partial charge in [0.1, 0.15) is 17.0 Å². The molecule has 0 radical (unpaired) electrons. The number of hydrogen-bond donors (Lipinski definition) is 4. The van der Waals surface area contributed by atoms with Crippen LogP contribution in [0.5, 0.6) is 0 Å². The number of benzene rings is 1. The van der Waals surface area contributed by atoms with Crippen LogP contribution in [0.2, 0.25) is 0 Å². The minimum absolute atomic E-state index is 0.0298. The average molecular weight is 576 g/mol. The molecule has 0 bridgehead atoms. The van der Waals surface area contributed by atoms with Gasteiger partial charge in [0.15, 0.2) is 0 Å². The monoisotopic (exact) mass is 575 g/mol. The number of pyridine rings is 3. The van der Waals surface area contributed by atoms with Crippen LogP contribution in [0.3, 0.4) is 0 Å². The highest BCUT2D eigenvalue weighted by atomic mass is 19.1. The Morgan fingerprint density at radius 1 is 0.977 bits per heavy atom. The van der Waals surface area contributed by atoms with Crippen LogP contribution < -0.4 is 10.6 Å². The van der Waals surface area contributed by atoms with Gasteiger partial charge < -0.3 is 20.5 Å². The van der Waals surface area contributed by atoms with E-state index in [1.807, 2.05) is 44.4 Å². The first kappa shape index (κ1) is 26.7. The zero-order valence-corrected chi connectivity index (χ0v) is 23.8. The molecule has 1 aromatic carbocycles. The number of hydrogen-bond acceptors (Lipinski definition) is 7. The number of likely N-dealkylation sites (N-methyl/N-ethyl adjacent to an activating group) is 1. The summed E-state index contributed by atoms with van der Waals surface area (Å²) in [6.07, 6.45) is 8.73. The second-order valence-electron chi connectivity index (χ2n) is 11.2. The molecule has 1 aliphatic carbocycles. The molecule has 1 fully saturated rings. The Labute approximate surface area is 246 Å². The first-order chi connectivity index (χ1) is 20.9. The fraction of sp³-hybridized carbons (Fsp3) is 0.219. The van der Waals surface area contributed by atoms with Crippen molar-refractivity contribution in [3.05, 3.63) is 73.1 Å². The quantitative estimate of drug-likeness (QED) is 0.174. The maximum atomic E-state index is 14.7. The highest BCUT2D eigenvalue weighted by Crippen LogP contribution is 2.35. The first-order valence-corrected chi connectivity index (χ1v) is 14.2. The van der Waals surface area contributed by atoms with Gasteiger partial charge in [-0.15, -0.1) is 0 Å². The zero-order chi connectivity index (χ0) is 29.5. The van der Waals surface area contributed by atoms with Gasteiger partial charge in [-0.05, 0) is 75.0 Å². The molecule has 7 rings (SSSR count). The standard InChI is InChI=1S/C32H30FN9O/c1-42(2)8-7-36-22-10-19(9-21(33)12-22)25-16-35-17-29-24(25)13-28(38-29)31-30-27(40-41-31)6-5-26(39-30)20-11-23(15-34-14-20)37-32(43)18-3-4-18/h5-6,9-18,36,38H,3-4,7-8H2,1-2H3,(H,37,43)(H,40,41). The number of anilines is 2. The molecular weight excluding hydrogens is 545 g/mol. The zero-order valence-electron chi connectivity index (χ0n) is 23.8. The van der Waals surface area contributed by atoms with Crippen LogP contribution >= 0.6 is 0 Å². The molecule has 216 valence electrons. The van der Waals surface area contributed by atoms with E-state index in [9.17, 15) is 9.18 Å². The summed E-state index contributed by atoms with van der Waals surface area (Å²) in [5.74, 6) is -0.188. The number of aromatic nitrogens is 6. The molecule has 1 aliphatic rings. The lowest BCUT2D eigenvalue weighted by Crippen LogP contribution is -2.20. The number of amides is 1. The topological polar surface area (TPSA) is 128 Å². The maximum absolute atomic E-state index is 14.7. The lowest BCUT2D eigenvalue weighted by atomic mass is 10.0. The maximum Gasteiger partial charge on any atom is 0.227 e. The van der Waals surface area contributed by atoms with Gasteiger partial charge in [-0.1, -0.05) is 0 Å². The van der Waals surface area contributed by atoms with E-state index < -0.39 is 0 Å². The van der Waals surface area contributed by atoms with Crippen LogP contribution in [-0.4, -0.2) is 68.1 Å². The van der Waals surface area contributed by atoms with E-state index in [0.717, 1.165) is 58.2 Å². The Morgan fingerprint density at radius 2 is 1.81 bits per heavy atom. The Hall–Kier alpha value is -5.16. The molecule has 43 heavy (non-hydrogen) atoms.